The van der Waals surface area contributed by atoms with Crippen LogP contribution in [0, 0.1) is 6.92 Å². The SMILES string of the molecule is COC(=O)c1cc(Cc2ccc(-c3cnnc(C)c3)cc2)c2occc2n1. The number of aryl methyl sites for hydroxylation is 1. The molecule has 0 spiro atoms. The van der Waals surface area contributed by atoms with Crippen molar-refractivity contribution >= 4 is 17.1 Å². The fourth-order valence-electron chi connectivity index (χ4n) is 3.03. The molecule has 0 N–H and O–H groups in total. The highest BCUT2D eigenvalue weighted by Crippen LogP contribution is 2.24. The van der Waals surface area contributed by atoms with E-state index in [9.17, 15) is 4.79 Å². The van der Waals surface area contributed by atoms with Crippen molar-refractivity contribution < 1.29 is 13.9 Å². The van der Waals surface area contributed by atoms with Gasteiger partial charge in [-0.2, -0.15) is 10.2 Å². The van der Waals surface area contributed by atoms with E-state index < -0.39 is 5.97 Å². The third-order valence-electron chi connectivity index (χ3n) is 4.34. The van der Waals surface area contributed by atoms with Crippen LogP contribution in [0.5, 0.6) is 0 Å². The Morgan fingerprint density at radius 2 is 1.93 bits per heavy atom. The number of furan rings is 1. The number of carbonyl (C=O) groups is 1. The second-order valence-corrected chi connectivity index (χ2v) is 6.25. The molecule has 0 aliphatic carbocycles. The summed E-state index contributed by atoms with van der Waals surface area (Å²) < 4.78 is 10.4. The Hall–Kier alpha value is -3.54. The molecule has 0 fully saturated rings. The zero-order chi connectivity index (χ0) is 18.8. The standard InChI is InChI=1S/C21H17N3O3/c1-13-9-17(12-22-24-13)15-5-3-14(4-6-15)10-16-11-19(21(25)26-2)23-18-7-8-27-20(16)18/h3-9,11-12H,10H2,1-2H3. The summed E-state index contributed by atoms with van der Waals surface area (Å²) in [5, 5.41) is 7.99. The molecule has 6 heteroatoms. The lowest BCUT2D eigenvalue weighted by Gasteiger charge is -2.07. The molecule has 0 saturated heterocycles. The molecule has 6 nitrogen and oxygen atoms in total. The van der Waals surface area contributed by atoms with Crippen LogP contribution in [0.4, 0.5) is 0 Å². The second kappa shape index (κ2) is 6.99. The largest absolute Gasteiger partial charge is 0.464 e. The molecule has 134 valence electrons. The molecule has 4 rings (SSSR count). The average Bonchev–Trinajstić information content (AvgIpc) is 3.17. The van der Waals surface area contributed by atoms with Crippen LogP contribution in [0.2, 0.25) is 0 Å². The molecule has 0 radical (unpaired) electrons. The number of hydrogen-bond donors (Lipinski definition) is 0. The summed E-state index contributed by atoms with van der Waals surface area (Å²) in [4.78, 5) is 16.2. The first-order valence-electron chi connectivity index (χ1n) is 8.48. The number of aromatic nitrogens is 3. The summed E-state index contributed by atoms with van der Waals surface area (Å²) in [5.74, 6) is -0.463. The molecular formula is C21H17N3O3. The van der Waals surface area contributed by atoms with Gasteiger partial charge in [0, 0.05) is 23.6 Å². The van der Waals surface area contributed by atoms with Crippen LogP contribution in [0.15, 0.2) is 59.3 Å². The van der Waals surface area contributed by atoms with Gasteiger partial charge in [-0.15, -0.1) is 0 Å². The number of pyridine rings is 1. The summed E-state index contributed by atoms with van der Waals surface area (Å²) in [6, 6.07) is 13.7. The number of ether oxygens (including phenoxy) is 1. The first-order chi connectivity index (χ1) is 13.1. The highest BCUT2D eigenvalue weighted by molar-refractivity contribution is 5.91. The van der Waals surface area contributed by atoms with Crippen LogP contribution in [0.25, 0.3) is 22.2 Å². The molecule has 3 aromatic heterocycles. The van der Waals surface area contributed by atoms with Crippen molar-refractivity contribution in [3.05, 3.63) is 77.4 Å². The predicted molar refractivity (Wildman–Crippen MR) is 100 cm³/mol. The number of hydrogen-bond acceptors (Lipinski definition) is 6. The number of rotatable bonds is 4. The molecule has 0 saturated carbocycles. The number of nitrogens with zero attached hydrogens (tertiary/aromatic N) is 3. The lowest BCUT2D eigenvalue weighted by Crippen LogP contribution is -2.05. The molecular weight excluding hydrogens is 342 g/mol. The lowest BCUT2D eigenvalue weighted by molar-refractivity contribution is 0.0594. The van der Waals surface area contributed by atoms with Crippen LogP contribution >= 0.6 is 0 Å². The lowest BCUT2D eigenvalue weighted by atomic mass is 10.0. The van der Waals surface area contributed by atoms with Crippen molar-refractivity contribution in [1.29, 1.82) is 0 Å². The Labute approximate surface area is 155 Å². The maximum absolute atomic E-state index is 11.9. The minimum atomic E-state index is -0.463. The van der Waals surface area contributed by atoms with Gasteiger partial charge in [-0.25, -0.2) is 9.78 Å². The van der Waals surface area contributed by atoms with E-state index in [1.54, 1.807) is 24.6 Å². The van der Waals surface area contributed by atoms with E-state index in [4.69, 9.17) is 9.15 Å². The molecule has 0 bridgehead atoms. The molecule has 27 heavy (non-hydrogen) atoms. The van der Waals surface area contributed by atoms with E-state index in [1.807, 2.05) is 25.1 Å². The Morgan fingerprint density at radius 1 is 1.11 bits per heavy atom. The van der Waals surface area contributed by atoms with Gasteiger partial charge in [-0.3, -0.25) is 0 Å². The van der Waals surface area contributed by atoms with Gasteiger partial charge < -0.3 is 9.15 Å². The third kappa shape index (κ3) is 3.42. The first kappa shape index (κ1) is 16.9. The van der Waals surface area contributed by atoms with Gasteiger partial charge in [-0.1, -0.05) is 24.3 Å². The predicted octanol–water partition coefficient (Wildman–Crippen LogP) is 3.97. The van der Waals surface area contributed by atoms with Gasteiger partial charge in [0.2, 0.25) is 0 Å². The van der Waals surface area contributed by atoms with E-state index in [1.165, 1.54) is 7.11 Å². The molecule has 0 unspecified atom stereocenters. The van der Waals surface area contributed by atoms with Gasteiger partial charge in [0.15, 0.2) is 5.58 Å². The van der Waals surface area contributed by atoms with Gasteiger partial charge in [0.25, 0.3) is 0 Å². The van der Waals surface area contributed by atoms with Crippen LogP contribution in [0.1, 0.15) is 27.3 Å². The van der Waals surface area contributed by atoms with E-state index >= 15 is 0 Å². The quantitative estimate of drug-likeness (QED) is 0.513. The topological polar surface area (TPSA) is 78.1 Å². The number of methoxy groups -OCH3 is 1. The van der Waals surface area contributed by atoms with Crippen molar-refractivity contribution in [3.8, 4) is 11.1 Å². The van der Waals surface area contributed by atoms with Crippen LogP contribution in [0.3, 0.4) is 0 Å². The normalized spacial score (nSPS) is 10.9. The van der Waals surface area contributed by atoms with Crippen molar-refractivity contribution in [2.24, 2.45) is 0 Å². The number of carbonyl (C=O) groups excluding carboxylic acids is 1. The first-order valence-corrected chi connectivity index (χ1v) is 8.48. The molecule has 1 aromatic carbocycles. The van der Waals surface area contributed by atoms with E-state index in [-0.39, 0.29) is 5.69 Å². The van der Waals surface area contributed by atoms with Gasteiger partial charge in [0.1, 0.15) is 11.2 Å². The monoisotopic (exact) mass is 359 g/mol. The zero-order valence-corrected chi connectivity index (χ0v) is 15.0. The third-order valence-corrected chi connectivity index (χ3v) is 4.34. The number of fused-ring (bicyclic) bond motifs is 1. The fourth-order valence-corrected chi connectivity index (χ4v) is 3.03. The summed E-state index contributed by atoms with van der Waals surface area (Å²) in [6.07, 6.45) is 3.94. The van der Waals surface area contributed by atoms with Crippen LogP contribution in [-0.2, 0) is 11.2 Å². The molecule has 0 aliphatic rings. The van der Waals surface area contributed by atoms with Gasteiger partial charge in [-0.05, 0) is 30.2 Å². The summed E-state index contributed by atoms with van der Waals surface area (Å²) in [7, 11) is 1.34. The van der Waals surface area contributed by atoms with Gasteiger partial charge >= 0.3 is 5.97 Å². The smallest absolute Gasteiger partial charge is 0.356 e. The highest BCUT2D eigenvalue weighted by atomic mass is 16.5. The van der Waals surface area contributed by atoms with Crippen molar-refractivity contribution in [1.82, 2.24) is 15.2 Å². The van der Waals surface area contributed by atoms with Crippen LogP contribution < -0.4 is 0 Å². The minimum absolute atomic E-state index is 0.274. The molecule has 0 atom stereocenters. The maximum atomic E-state index is 11.9. The van der Waals surface area contributed by atoms with E-state index in [0.29, 0.717) is 17.5 Å². The molecule has 0 aliphatic heterocycles. The number of benzene rings is 1. The second-order valence-electron chi connectivity index (χ2n) is 6.25. The molecule has 4 aromatic rings. The maximum Gasteiger partial charge on any atom is 0.356 e. The Kier molecular flexibility index (Phi) is 4.38. The van der Waals surface area contributed by atoms with Crippen molar-refractivity contribution in [2.75, 3.05) is 7.11 Å². The van der Waals surface area contributed by atoms with E-state index in [0.717, 1.165) is 27.9 Å². The highest BCUT2D eigenvalue weighted by Gasteiger charge is 2.15. The minimum Gasteiger partial charge on any atom is -0.464 e. The molecule has 0 amide bonds. The molecule has 3 heterocycles. The average molecular weight is 359 g/mol. The Morgan fingerprint density at radius 3 is 2.67 bits per heavy atom. The number of esters is 1. The van der Waals surface area contributed by atoms with E-state index in [2.05, 4.69) is 27.3 Å². The fraction of sp³-hybridized carbons (Fsp3) is 0.143. The van der Waals surface area contributed by atoms with Gasteiger partial charge in [0.05, 0.1) is 25.3 Å². The Balaban J connectivity index is 1.66. The summed E-state index contributed by atoms with van der Waals surface area (Å²) >= 11 is 0. The zero-order valence-electron chi connectivity index (χ0n) is 15.0. The Bertz CT molecular complexity index is 1120. The summed E-state index contributed by atoms with van der Waals surface area (Å²) in [5.41, 5.74) is 6.56. The van der Waals surface area contributed by atoms with Crippen LogP contribution in [-0.4, -0.2) is 28.3 Å². The van der Waals surface area contributed by atoms with Crippen molar-refractivity contribution in [2.45, 2.75) is 13.3 Å². The summed E-state index contributed by atoms with van der Waals surface area (Å²) in [6.45, 7) is 1.92. The van der Waals surface area contributed by atoms with Crippen molar-refractivity contribution in [3.63, 3.8) is 0 Å².